The summed E-state index contributed by atoms with van der Waals surface area (Å²) in [4.78, 5) is 29.1. The van der Waals surface area contributed by atoms with Gasteiger partial charge in [-0.25, -0.2) is 0 Å². The van der Waals surface area contributed by atoms with Crippen molar-refractivity contribution in [2.75, 3.05) is 13.1 Å². The van der Waals surface area contributed by atoms with E-state index in [-0.39, 0.29) is 24.5 Å². The first-order valence-corrected chi connectivity index (χ1v) is 9.12. The van der Waals surface area contributed by atoms with Gasteiger partial charge in [0.1, 0.15) is 0 Å². The number of carbonyl (C=O) groups is 2. The monoisotopic (exact) mass is 350 g/mol. The number of carbonyl (C=O) groups excluding carboxylic acids is 1. The molecule has 1 heterocycles. The number of nitrogens with one attached hydrogen (secondary N) is 1. The number of nitrogens with zero attached hydrogens (tertiary/aromatic N) is 3. The number of hydrogen-bond acceptors (Lipinski definition) is 6. The maximum Gasteiger partial charge on any atom is 0.317 e. The molecule has 2 aliphatic carbocycles. The minimum absolute atomic E-state index is 0.0339. The summed E-state index contributed by atoms with van der Waals surface area (Å²) >= 11 is 0. The summed E-state index contributed by atoms with van der Waals surface area (Å²) in [7, 11) is 0. The summed E-state index contributed by atoms with van der Waals surface area (Å²) in [6.45, 7) is 2.74. The fourth-order valence-corrected chi connectivity index (χ4v) is 3.25. The topological polar surface area (TPSA) is 109 Å². The summed E-state index contributed by atoms with van der Waals surface area (Å²) in [5.41, 5.74) is 0. The highest BCUT2D eigenvalue weighted by molar-refractivity contribution is 5.76. The third kappa shape index (κ3) is 5.01. The highest BCUT2D eigenvalue weighted by Crippen LogP contribution is 2.38. The normalized spacial score (nSPS) is 22.6. The van der Waals surface area contributed by atoms with Crippen LogP contribution in [0.15, 0.2) is 4.52 Å². The minimum Gasteiger partial charge on any atom is -0.480 e. The number of rotatable bonds is 10. The molecule has 2 fully saturated rings. The lowest BCUT2D eigenvalue weighted by molar-refractivity contribution is -0.139. The fourth-order valence-electron chi connectivity index (χ4n) is 3.25. The number of hydrogen-bond donors (Lipinski definition) is 2. The van der Waals surface area contributed by atoms with E-state index in [9.17, 15) is 9.59 Å². The van der Waals surface area contributed by atoms with Gasteiger partial charge in [0.15, 0.2) is 5.82 Å². The first-order valence-electron chi connectivity index (χ1n) is 9.12. The Bertz CT molecular complexity index is 608. The largest absolute Gasteiger partial charge is 0.480 e. The fraction of sp³-hybridized carbons (Fsp3) is 0.765. The molecule has 0 radical (unpaired) electrons. The molecule has 2 saturated carbocycles. The van der Waals surface area contributed by atoms with Crippen LogP contribution in [0.25, 0.3) is 0 Å². The van der Waals surface area contributed by atoms with Crippen LogP contribution in [0.5, 0.6) is 0 Å². The number of aromatic nitrogens is 2. The van der Waals surface area contributed by atoms with E-state index < -0.39 is 5.97 Å². The third-order valence-electron chi connectivity index (χ3n) is 4.96. The van der Waals surface area contributed by atoms with Crippen molar-refractivity contribution in [2.45, 2.75) is 69.9 Å². The molecule has 2 N–H and O–H groups in total. The van der Waals surface area contributed by atoms with E-state index >= 15 is 0 Å². The van der Waals surface area contributed by atoms with Crippen molar-refractivity contribution in [3.63, 3.8) is 0 Å². The molecule has 0 bridgehead atoms. The van der Waals surface area contributed by atoms with E-state index in [4.69, 9.17) is 9.63 Å². The lowest BCUT2D eigenvalue weighted by atomic mass is 9.85. The van der Waals surface area contributed by atoms with E-state index in [1.165, 1.54) is 0 Å². The first-order chi connectivity index (χ1) is 12.0. The van der Waals surface area contributed by atoms with Gasteiger partial charge >= 0.3 is 5.97 Å². The van der Waals surface area contributed by atoms with Crippen molar-refractivity contribution in [1.82, 2.24) is 20.4 Å². The van der Waals surface area contributed by atoms with Crippen LogP contribution in [0.2, 0.25) is 0 Å². The molecule has 0 spiro atoms. The average Bonchev–Trinajstić information content (AvgIpc) is 3.28. The van der Waals surface area contributed by atoms with Crippen LogP contribution in [0.3, 0.4) is 0 Å². The number of carboxylic acid groups (broad SMARTS) is 1. The lowest BCUT2D eigenvalue weighted by Crippen LogP contribution is -2.54. The van der Waals surface area contributed by atoms with E-state index in [1.807, 2.05) is 11.8 Å². The molecule has 0 saturated heterocycles. The van der Waals surface area contributed by atoms with Crippen LogP contribution in [0, 0.1) is 0 Å². The van der Waals surface area contributed by atoms with Gasteiger partial charge in [0, 0.05) is 30.8 Å². The summed E-state index contributed by atoms with van der Waals surface area (Å²) in [5, 5.41) is 15.9. The molecular weight excluding hydrogens is 324 g/mol. The summed E-state index contributed by atoms with van der Waals surface area (Å²) < 4.78 is 5.20. The molecule has 3 rings (SSSR count). The zero-order valence-corrected chi connectivity index (χ0v) is 14.6. The minimum atomic E-state index is -0.805. The number of aryl methyl sites for hydroxylation is 1. The Hall–Kier alpha value is -1.96. The van der Waals surface area contributed by atoms with Gasteiger partial charge in [-0.1, -0.05) is 12.1 Å². The van der Waals surface area contributed by atoms with Gasteiger partial charge in [-0.15, -0.1) is 0 Å². The van der Waals surface area contributed by atoms with Crippen molar-refractivity contribution >= 4 is 11.9 Å². The molecule has 0 atom stereocenters. The number of amides is 1. The number of carboxylic acids is 1. The molecule has 0 unspecified atom stereocenters. The Balaban J connectivity index is 1.30. The van der Waals surface area contributed by atoms with Crippen molar-refractivity contribution in [2.24, 2.45) is 0 Å². The second-order valence-electron chi connectivity index (χ2n) is 7.02. The molecule has 1 aromatic rings. The quantitative estimate of drug-likeness (QED) is 0.655. The first kappa shape index (κ1) is 17.8. The van der Waals surface area contributed by atoms with Gasteiger partial charge in [0.05, 0.1) is 6.54 Å². The zero-order chi connectivity index (χ0) is 17.8. The predicted octanol–water partition coefficient (Wildman–Crippen LogP) is 1.32. The van der Waals surface area contributed by atoms with Crippen molar-refractivity contribution in [3.8, 4) is 0 Å². The van der Waals surface area contributed by atoms with Crippen LogP contribution in [0.4, 0.5) is 0 Å². The zero-order valence-electron chi connectivity index (χ0n) is 14.6. The average molecular weight is 350 g/mol. The Labute approximate surface area is 147 Å². The molecule has 8 nitrogen and oxygen atoms in total. The second-order valence-corrected chi connectivity index (χ2v) is 7.02. The molecular formula is C17H26N4O4. The van der Waals surface area contributed by atoms with Gasteiger partial charge in [-0.05, 0) is 38.6 Å². The van der Waals surface area contributed by atoms with E-state index in [1.54, 1.807) is 0 Å². The van der Waals surface area contributed by atoms with E-state index in [2.05, 4.69) is 15.5 Å². The van der Waals surface area contributed by atoms with Crippen LogP contribution in [0.1, 0.15) is 63.1 Å². The molecule has 1 aromatic heterocycles. The molecule has 138 valence electrons. The Morgan fingerprint density at radius 2 is 2.12 bits per heavy atom. The summed E-state index contributed by atoms with van der Waals surface area (Å²) in [6.07, 6.45) is 5.69. The lowest BCUT2D eigenvalue weighted by Gasteiger charge is -2.42. The smallest absolute Gasteiger partial charge is 0.317 e. The summed E-state index contributed by atoms with van der Waals surface area (Å²) in [6, 6.07) is 0.413. The van der Waals surface area contributed by atoms with Gasteiger partial charge < -0.3 is 14.9 Å². The van der Waals surface area contributed by atoms with Crippen molar-refractivity contribution < 1.29 is 19.2 Å². The number of likely N-dealkylation sites (N-methyl/N-ethyl adjacent to an activating group) is 1. The SMILES string of the molecule is CCN(CC(=O)O)C1CC(NC(=O)CCCc2nc(C3CC3)no2)C1. The van der Waals surface area contributed by atoms with Gasteiger partial charge in [-0.3, -0.25) is 14.5 Å². The van der Waals surface area contributed by atoms with Crippen molar-refractivity contribution in [3.05, 3.63) is 11.7 Å². The molecule has 25 heavy (non-hydrogen) atoms. The van der Waals surface area contributed by atoms with E-state index in [0.29, 0.717) is 37.6 Å². The van der Waals surface area contributed by atoms with Crippen LogP contribution in [-0.4, -0.2) is 57.2 Å². The van der Waals surface area contributed by atoms with Crippen LogP contribution in [-0.2, 0) is 16.0 Å². The Morgan fingerprint density at radius 3 is 2.76 bits per heavy atom. The van der Waals surface area contributed by atoms with Gasteiger partial charge in [0.25, 0.3) is 0 Å². The third-order valence-corrected chi connectivity index (χ3v) is 4.96. The highest BCUT2D eigenvalue weighted by Gasteiger charge is 2.34. The predicted molar refractivity (Wildman–Crippen MR) is 89.0 cm³/mol. The Kier molecular flexibility index (Phi) is 5.67. The maximum atomic E-state index is 12.0. The van der Waals surface area contributed by atoms with Gasteiger partial charge in [0.2, 0.25) is 11.8 Å². The van der Waals surface area contributed by atoms with Crippen LogP contribution >= 0.6 is 0 Å². The molecule has 1 amide bonds. The number of aliphatic carboxylic acids is 1. The molecule has 8 heteroatoms. The molecule has 2 aliphatic rings. The van der Waals surface area contributed by atoms with Gasteiger partial charge in [-0.2, -0.15) is 4.98 Å². The maximum absolute atomic E-state index is 12.0. The highest BCUT2D eigenvalue weighted by atomic mass is 16.5. The second kappa shape index (κ2) is 7.95. The summed E-state index contributed by atoms with van der Waals surface area (Å²) in [5.74, 6) is 1.13. The Morgan fingerprint density at radius 1 is 1.36 bits per heavy atom. The van der Waals surface area contributed by atoms with Crippen LogP contribution < -0.4 is 5.32 Å². The van der Waals surface area contributed by atoms with Crippen molar-refractivity contribution in [1.29, 1.82) is 0 Å². The molecule has 0 aromatic carbocycles. The van der Waals surface area contributed by atoms with E-state index in [0.717, 1.165) is 31.5 Å². The molecule has 0 aliphatic heterocycles. The standard InChI is InChI=1S/C17H26N4O4/c1-2-21(10-16(23)24)13-8-12(9-13)18-14(22)4-3-5-15-19-17(20-25-15)11-6-7-11/h11-13H,2-10H2,1H3,(H,18,22)(H,23,24).